The highest BCUT2D eigenvalue weighted by molar-refractivity contribution is 9.09. The molecular formula is C20H25Br2N3O3. The van der Waals surface area contributed by atoms with Crippen LogP contribution < -0.4 is 5.32 Å². The summed E-state index contributed by atoms with van der Waals surface area (Å²) in [5.41, 5.74) is 5.37. The van der Waals surface area contributed by atoms with E-state index in [1.54, 1.807) is 0 Å². The summed E-state index contributed by atoms with van der Waals surface area (Å²) < 4.78 is 10.8. The maximum absolute atomic E-state index is 8.95. The second-order valence-electron chi connectivity index (χ2n) is 6.03. The fraction of sp³-hybridized carbons (Fsp3) is 0.400. The molecule has 0 aliphatic heterocycles. The summed E-state index contributed by atoms with van der Waals surface area (Å²) in [6, 6.07) is 5.94. The molecule has 0 unspecified atom stereocenters. The molecule has 0 aliphatic carbocycles. The maximum Gasteiger partial charge on any atom is 0.0897 e. The number of nitrogens with one attached hydrogen (secondary N) is 1. The highest BCUT2D eigenvalue weighted by atomic mass is 79.9. The van der Waals surface area contributed by atoms with Gasteiger partial charge in [0, 0.05) is 29.3 Å². The zero-order valence-corrected chi connectivity index (χ0v) is 18.9. The van der Waals surface area contributed by atoms with Crippen LogP contribution in [0.4, 0.5) is 0 Å². The number of halogens is 2. The number of nitrogens with zero attached hydrogens (tertiary/aromatic N) is 2. The molecule has 0 fully saturated rings. The van der Waals surface area contributed by atoms with Gasteiger partial charge < -0.3 is 19.9 Å². The molecule has 152 valence electrons. The van der Waals surface area contributed by atoms with Gasteiger partial charge in [-0.2, -0.15) is 0 Å². The third kappa shape index (κ3) is 7.16. The number of benzene rings is 1. The Balaban J connectivity index is 1.78. The Kier molecular flexibility index (Phi) is 9.91. The lowest BCUT2D eigenvalue weighted by Gasteiger charge is -2.12. The molecule has 0 bridgehead atoms. The van der Waals surface area contributed by atoms with E-state index in [1.165, 1.54) is 0 Å². The molecule has 1 aromatic carbocycles. The Bertz CT molecular complexity index is 815. The van der Waals surface area contributed by atoms with E-state index >= 15 is 0 Å². The van der Waals surface area contributed by atoms with Crippen LogP contribution in [0.25, 0.3) is 16.7 Å². The number of aliphatic hydroxyl groups excluding tert-OH is 1. The Morgan fingerprint density at radius 3 is 2.25 bits per heavy atom. The fourth-order valence-corrected chi connectivity index (χ4v) is 3.32. The number of hydrogen-bond donors (Lipinski definition) is 2. The van der Waals surface area contributed by atoms with E-state index in [0.717, 1.165) is 33.7 Å². The molecule has 1 heterocycles. The van der Waals surface area contributed by atoms with Crippen molar-refractivity contribution in [3.63, 3.8) is 0 Å². The van der Waals surface area contributed by atoms with Crippen molar-refractivity contribution in [3.05, 3.63) is 54.1 Å². The van der Waals surface area contributed by atoms with Gasteiger partial charge in [0.05, 0.1) is 54.6 Å². The van der Waals surface area contributed by atoms with Crippen LogP contribution in [0.3, 0.4) is 0 Å². The molecule has 0 saturated heterocycles. The molecule has 2 N–H and O–H groups in total. The molecule has 28 heavy (non-hydrogen) atoms. The van der Waals surface area contributed by atoms with Crippen LogP contribution in [0.2, 0.25) is 0 Å². The van der Waals surface area contributed by atoms with Gasteiger partial charge in [-0.15, -0.1) is 0 Å². The molecule has 6 nitrogen and oxygen atoms in total. The Morgan fingerprint density at radius 1 is 0.964 bits per heavy atom. The maximum atomic E-state index is 8.95. The van der Waals surface area contributed by atoms with E-state index in [2.05, 4.69) is 55.3 Å². The summed E-state index contributed by atoms with van der Waals surface area (Å²) in [4.78, 5) is 9.35. The summed E-state index contributed by atoms with van der Waals surface area (Å²) in [6.07, 6.45) is 0.450. The summed E-state index contributed by atoms with van der Waals surface area (Å²) in [6.45, 7) is 10.1. The number of aliphatic hydroxyl groups is 1. The lowest BCUT2D eigenvalue weighted by Crippen LogP contribution is -2.19. The third-order valence-corrected chi connectivity index (χ3v) is 4.98. The molecule has 0 saturated carbocycles. The average molecular weight is 515 g/mol. The molecule has 0 amide bonds. The Labute approximate surface area is 182 Å². The highest BCUT2D eigenvalue weighted by Gasteiger charge is 2.08. The first-order chi connectivity index (χ1) is 13.5. The van der Waals surface area contributed by atoms with Crippen molar-refractivity contribution >= 4 is 48.6 Å². The molecular weight excluding hydrogens is 490 g/mol. The van der Waals surface area contributed by atoms with E-state index in [0.29, 0.717) is 50.1 Å². The minimum Gasteiger partial charge on any atom is -0.513 e. The third-order valence-electron chi connectivity index (χ3n) is 3.91. The van der Waals surface area contributed by atoms with Crippen molar-refractivity contribution < 1.29 is 14.6 Å². The first-order valence-corrected chi connectivity index (χ1v) is 11.2. The first kappa shape index (κ1) is 22.8. The largest absolute Gasteiger partial charge is 0.513 e. The minimum absolute atomic E-state index is 0.135. The van der Waals surface area contributed by atoms with Crippen molar-refractivity contribution in [2.75, 3.05) is 33.0 Å². The second-order valence-corrected chi connectivity index (χ2v) is 7.16. The lowest BCUT2D eigenvalue weighted by atomic mass is 10.1. The van der Waals surface area contributed by atoms with Gasteiger partial charge in [-0.1, -0.05) is 51.1 Å². The van der Waals surface area contributed by atoms with E-state index in [1.807, 2.05) is 18.2 Å². The Hall–Kier alpha value is -1.48. The topological polar surface area (TPSA) is 76.5 Å². The normalized spacial score (nSPS) is 10.9. The van der Waals surface area contributed by atoms with Gasteiger partial charge in [-0.05, 0) is 17.7 Å². The van der Waals surface area contributed by atoms with Gasteiger partial charge in [0.1, 0.15) is 0 Å². The van der Waals surface area contributed by atoms with Crippen LogP contribution >= 0.6 is 31.9 Å². The van der Waals surface area contributed by atoms with Crippen LogP contribution in [-0.4, -0.2) is 48.0 Å². The number of ether oxygens (including phenoxy) is 2. The van der Waals surface area contributed by atoms with Gasteiger partial charge in [-0.25, -0.2) is 9.97 Å². The lowest BCUT2D eigenvalue weighted by molar-refractivity contribution is 0.0486. The number of alkyl halides is 2. The summed E-state index contributed by atoms with van der Waals surface area (Å²) >= 11 is 6.92. The molecule has 0 atom stereocenters. The van der Waals surface area contributed by atoms with E-state index in [-0.39, 0.29) is 5.76 Å². The summed E-state index contributed by atoms with van der Waals surface area (Å²) in [7, 11) is 0. The quantitative estimate of drug-likeness (QED) is 0.233. The SMILES string of the molecule is C=C(O)CCOCCOCCNC(=C)c1ccc2nc(CBr)c(CBr)nc2c1. The predicted molar refractivity (Wildman–Crippen MR) is 120 cm³/mol. The second kappa shape index (κ2) is 12.2. The van der Waals surface area contributed by atoms with Gasteiger partial charge in [-0.3, -0.25) is 0 Å². The van der Waals surface area contributed by atoms with Gasteiger partial charge in [0.25, 0.3) is 0 Å². The van der Waals surface area contributed by atoms with Crippen molar-refractivity contribution in [1.29, 1.82) is 0 Å². The van der Waals surface area contributed by atoms with Gasteiger partial charge in [0.15, 0.2) is 0 Å². The van der Waals surface area contributed by atoms with Gasteiger partial charge in [0.2, 0.25) is 0 Å². The van der Waals surface area contributed by atoms with Crippen LogP contribution in [0.1, 0.15) is 23.4 Å². The van der Waals surface area contributed by atoms with Crippen molar-refractivity contribution in [2.24, 2.45) is 0 Å². The van der Waals surface area contributed by atoms with Crippen molar-refractivity contribution in [2.45, 2.75) is 17.1 Å². The van der Waals surface area contributed by atoms with E-state index < -0.39 is 0 Å². The van der Waals surface area contributed by atoms with Crippen LogP contribution in [-0.2, 0) is 20.1 Å². The molecule has 1 aromatic heterocycles. The van der Waals surface area contributed by atoms with Crippen LogP contribution in [0.15, 0.2) is 37.1 Å². The van der Waals surface area contributed by atoms with Crippen molar-refractivity contribution in [1.82, 2.24) is 15.3 Å². The zero-order valence-electron chi connectivity index (χ0n) is 15.7. The number of aromatic nitrogens is 2. The summed E-state index contributed by atoms with van der Waals surface area (Å²) in [5.74, 6) is 0.135. The number of rotatable bonds is 13. The van der Waals surface area contributed by atoms with Crippen LogP contribution in [0, 0.1) is 0 Å². The molecule has 0 spiro atoms. The van der Waals surface area contributed by atoms with Gasteiger partial charge >= 0.3 is 0 Å². The van der Waals surface area contributed by atoms with Crippen LogP contribution in [0.5, 0.6) is 0 Å². The smallest absolute Gasteiger partial charge is 0.0897 e. The standard InChI is InChI=1S/C20H25Br2N3O3/c1-14(26)5-7-27-9-10-28-8-6-23-15(2)16-3-4-17-18(11-16)25-20(13-22)19(12-21)24-17/h3-4,11,23,26H,1-2,5-10,12-13H2. The van der Waals surface area contributed by atoms with Crippen molar-refractivity contribution in [3.8, 4) is 0 Å². The molecule has 2 aromatic rings. The zero-order chi connectivity index (χ0) is 20.4. The fourth-order valence-electron chi connectivity index (χ4n) is 2.42. The monoisotopic (exact) mass is 513 g/mol. The average Bonchev–Trinajstić information content (AvgIpc) is 2.70. The Morgan fingerprint density at radius 2 is 1.61 bits per heavy atom. The molecule has 0 aliphatic rings. The van der Waals surface area contributed by atoms with E-state index in [4.69, 9.17) is 19.6 Å². The minimum atomic E-state index is 0.135. The number of hydrogen-bond acceptors (Lipinski definition) is 6. The predicted octanol–water partition coefficient (Wildman–Crippen LogP) is 4.47. The molecule has 0 radical (unpaired) electrons. The first-order valence-electron chi connectivity index (χ1n) is 8.92. The highest BCUT2D eigenvalue weighted by Crippen LogP contribution is 2.20. The number of fused-ring (bicyclic) bond motifs is 1. The molecule has 8 heteroatoms. The summed E-state index contributed by atoms with van der Waals surface area (Å²) in [5, 5.41) is 13.5. The van der Waals surface area contributed by atoms with E-state index in [9.17, 15) is 0 Å². The molecule has 2 rings (SSSR count).